The molecule has 0 saturated heterocycles. The summed E-state index contributed by atoms with van der Waals surface area (Å²) in [7, 11) is 2.88. The topological polar surface area (TPSA) is 118 Å². The van der Waals surface area contributed by atoms with Crippen molar-refractivity contribution in [2.45, 2.75) is 11.9 Å². The number of ether oxygens (including phenoxy) is 2. The van der Waals surface area contributed by atoms with Gasteiger partial charge in [0, 0.05) is 47.4 Å². The summed E-state index contributed by atoms with van der Waals surface area (Å²) in [4.78, 5) is 24.5. The summed E-state index contributed by atoms with van der Waals surface area (Å²) in [6.07, 6.45) is 8.17. The maximum Gasteiger partial charge on any atom is 0.324 e. The molecule has 2 amide bonds. The smallest absolute Gasteiger partial charge is 0.324 e. The monoisotopic (exact) mass is 690 g/mol. The zero-order chi connectivity index (χ0) is 35.3. The molecule has 0 spiro atoms. The Morgan fingerprint density at radius 3 is 2.42 bits per heavy atom. The van der Waals surface area contributed by atoms with Crippen LogP contribution in [0.25, 0.3) is 16.5 Å². The molecule has 11 nitrogen and oxygen atoms in total. The van der Waals surface area contributed by atoms with Crippen LogP contribution in [0.1, 0.15) is 5.56 Å². The van der Waals surface area contributed by atoms with Crippen LogP contribution >= 0.6 is 10.0 Å². The average Bonchev–Trinajstić information content (AvgIpc) is 3.51. The van der Waals surface area contributed by atoms with E-state index in [4.69, 9.17) is 14.6 Å². The van der Waals surface area contributed by atoms with Crippen molar-refractivity contribution in [3.05, 3.63) is 109 Å². The van der Waals surface area contributed by atoms with E-state index in [9.17, 15) is 4.79 Å². The first kappa shape index (κ1) is 34.3. The number of aromatic nitrogens is 4. The minimum absolute atomic E-state index is 0.366. The Bertz CT molecular complexity index is 2110. The van der Waals surface area contributed by atoms with E-state index in [0.717, 1.165) is 45.0 Å². The fourth-order valence-electron chi connectivity index (χ4n) is 5.08. The Morgan fingerprint density at radius 2 is 1.66 bits per heavy atom. The summed E-state index contributed by atoms with van der Waals surface area (Å²) in [5.41, 5.74) is 3.44. The fraction of sp³-hybridized carbons (Fsp3) is 0.211. The van der Waals surface area contributed by atoms with Crippen LogP contribution in [0.4, 0.5) is 27.9 Å². The summed E-state index contributed by atoms with van der Waals surface area (Å²) in [6.45, 7) is 3.44. The third kappa shape index (κ3) is 8.52. The second-order valence-electron chi connectivity index (χ2n) is 12.8. The number of hydrogen-bond acceptors (Lipinski definition) is 8. The molecule has 0 fully saturated rings. The first-order valence-corrected chi connectivity index (χ1v) is 19.0. The minimum Gasteiger partial charge on any atom is -0.492 e. The summed E-state index contributed by atoms with van der Waals surface area (Å²) in [5, 5.41) is 16.7. The van der Waals surface area contributed by atoms with Gasteiger partial charge in [-0.3, -0.25) is 5.32 Å². The lowest BCUT2D eigenvalue weighted by molar-refractivity contribution is 0.261. The number of fused-ring (bicyclic) bond motifs is 1. The number of amides is 2. The van der Waals surface area contributed by atoms with Crippen molar-refractivity contribution in [2.24, 2.45) is 0 Å². The number of likely N-dealkylation sites (N-methyl/N-ethyl adjacent to an activating group) is 1. The molecule has 0 aliphatic carbocycles. The van der Waals surface area contributed by atoms with Gasteiger partial charge in [-0.05, 0) is 76.2 Å². The van der Waals surface area contributed by atoms with E-state index in [1.54, 1.807) is 16.9 Å². The van der Waals surface area contributed by atoms with Crippen LogP contribution < -0.4 is 25.4 Å². The first-order valence-electron chi connectivity index (χ1n) is 16.1. The molecular weight excluding hydrogens is 649 g/mol. The van der Waals surface area contributed by atoms with E-state index in [2.05, 4.69) is 49.6 Å². The number of anilines is 4. The molecule has 2 heterocycles. The second-order valence-corrected chi connectivity index (χ2v) is 16.9. The molecule has 6 aromatic rings. The maximum atomic E-state index is 13.5. The Kier molecular flexibility index (Phi) is 10.2. The summed E-state index contributed by atoms with van der Waals surface area (Å²) in [6, 6.07) is 30.4. The van der Waals surface area contributed by atoms with Gasteiger partial charge in [-0.15, -0.1) is 0 Å². The van der Waals surface area contributed by atoms with Crippen LogP contribution in [0.2, 0.25) is 0 Å². The number of nitrogens with zero attached hydrogens (tertiary/aromatic N) is 5. The van der Waals surface area contributed by atoms with E-state index in [1.807, 2.05) is 112 Å². The molecule has 2 aromatic heterocycles. The van der Waals surface area contributed by atoms with E-state index in [0.29, 0.717) is 35.7 Å². The van der Waals surface area contributed by atoms with Crippen LogP contribution in [0.15, 0.2) is 108 Å². The normalized spacial score (nSPS) is 11.7. The van der Waals surface area contributed by atoms with Crippen molar-refractivity contribution in [1.82, 2.24) is 24.6 Å². The number of nitrogens with one attached hydrogen (secondary N) is 3. The average molecular weight is 691 g/mol. The summed E-state index contributed by atoms with van der Waals surface area (Å²) < 4.78 is 13.9. The molecular formula is C38H42N8O3S. The van der Waals surface area contributed by atoms with Gasteiger partial charge in [-0.25, -0.2) is 24.5 Å². The van der Waals surface area contributed by atoms with Gasteiger partial charge in [0.2, 0.25) is 11.8 Å². The molecule has 0 bridgehead atoms. The Balaban J connectivity index is 1.18. The van der Waals surface area contributed by atoms with E-state index >= 15 is 0 Å². The van der Waals surface area contributed by atoms with Crippen LogP contribution in [0, 0.1) is 6.92 Å². The molecule has 0 radical (unpaired) electrons. The van der Waals surface area contributed by atoms with E-state index in [-0.39, 0.29) is 6.03 Å². The van der Waals surface area contributed by atoms with Crippen LogP contribution in [0.5, 0.6) is 17.4 Å². The number of urea groups is 1. The van der Waals surface area contributed by atoms with E-state index in [1.165, 1.54) is 0 Å². The van der Waals surface area contributed by atoms with Gasteiger partial charge in [0.05, 0.1) is 11.4 Å². The molecule has 12 heteroatoms. The predicted molar refractivity (Wildman–Crippen MR) is 204 cm³/mol. The molecule has 3 N–H and O–H groups in total. The summed E-state index contributed by atoms with van der Waals surface area (Å²) in [5.74, 6) is 2.68. The highest BCUT2D eigenvalue weighted by atomic mass is 32.3. The standard InChI is InChI=1S/C38H42N8O3S/c1-26-14-16-28(17-15-26)46-34(25-36(44-46)50(4,5)6)42-38(47)41-32-18-19-33(31-13-8-7-12-30(31)32)49-35-20-21-39-37(43-35)40-27-10-9-11-29(24-27)48-23-22-45(2)3/h7-21,24-25H,22-23H2,1-6H3,(H,39,40,43)(H2,41,42,47). The lowest BCUT2D eigenvalue weighted by atomic mass is 10.1. The van der Waals surface area contributed by atoms with Gasteiger partial charge < -0.3 is 25.0 Å². The molecule has 0 aliphatic rings. The van der Waals surface area contributed by atoms with Gasteiger partial charge in [0.25, 0.3) is 0 Å². The molecule has 258 valence electrons. The third-order valence-corrected chi connectivity index (χ3v) is 9.16. The quantitative estimate of drug-likeness (QED) is 0.117. The van der Waals surface area contributed by atoms with Crippen molar-refractivity contribution in [3.8, 4) is 23.1 Å². The Hall–Kier alpha value is -5.59. The maximum absolute atomic E-state index is 13.5. The number of carbonyl (C=O) groups is 1. The number of benzene rings is 4. The third-order valence-electron chi connectivity index (χ3n) is 7.71. The van der Waals surface area contributed by atoms with Crippen molar-refractivity contribution >= 4 is 50.0 Å². The molecule has 4 aromatic carbocycles. The number of rotatable bonds is 12. The SMILES string of the molecule is Cc1ccc(-n2nc(S(C)(C)C)cc2NC(=O)Nc2ccc(Oc3ccnc(Nc4cccc(OCCN(C)C)c4)n3)c3ccccc23)cc1. The number of aryl methyl sites for hydroxylation is 1. The first-order chi connectivity index (χ1) is 24.0. The molecule has 50 heavy (non-hydrogen) atoms. The Morgan fingerprint density at radius 1 is 0.880 bits per heavy atom. The zero-order valence-electron chi connectivity index (χ0n) is 29.1. The Labute approximate surface area is 294 Å². The summed E-state index contributed by atoms with van der Waals surface area (Å²) >= 11 is 0. The minimum atomic E-state index is -1.14. The van der Waals surface area contributed by atoms with E-state index < -0.39 is 10.0 Å². The van der Waals surface area contributed by atoms with Crippen molar-refractivity contribution in [2.75, 3.05) is 62.0 Å². The van der Waals surface area contributed by atoms with Gasteiger partial charge >= 0.3 is 6.03 Å². The van der Waals surface area contributed by atoms with Gasteiger partial charge in [-0.2, -0.15) is 10.1 Å². The van der Waals surface area contributed by atoms with Crippen molar-refractivity contribution < 1.29 is 14.3 Å². The van der Waals surface area contributed by atoms with Gasteiger partial charge in [0.15, 0.2) is 0 Å². The van der Waals surface area contributed by atoms with Crippen LogP contribution in [-0.2, 0) is 0 Å². The highest BCUT2D eigenvalue weighted by Gasteiger charge is 2.19. The molecule has 6 rings (SSSR count). The molecule has 0 atom stereocenters. The molecule has 0 saturated carbocycles. The largest absolute Gasteiger partial charge is 0.492 e. The van der Waals surface area contributed by atoms with Crippen molar-refractivity contribution in [3.63, 3.8) is 0 Å². The lowest BCUT2D eigenvalue weighted by Crippen LogP contribution is -2.21. The number of hydrogen-bond donors (Lipinski definition) is 3. The molecule has 0 unspecified atom stereocenters. The van der Waals surface area contributed by atoms with Gasteiger partial charge in [0.1, 0.15) is 28.9 Å². The second kappa shape index (κ2) is 14.9. The van der Waals surface area contributed by atoms with Crippen LogP contribution in [0.3, 0.4) is 0 Å². The molecule has 0 aliphatic heterocycles. The lowest BCUT2D eigenvalue weighted by Gasteiger charge is -2.21. The highest BCUT2D eigenvalue weighted by molar-refractivity contribution is 8.32. The number of carbonyl (C=O) groups excluding carboxylic acids is 1. The van der Waals surface area contributed by atoms with Gasteiger partial charge in [-0.1, -0.05) is 48.0 Å². The van der Waals surface area contributed by atoms with Crippen LogP contribution in [-0.4, -0.2) is 76.7 Å². The zero-order valence-corrected chi connectivity index (χ0v) is 29.9. The highest BCUT2D eigenvalue weighted by Crippen LogP contribution is 2.45. The van der Waals surface area contributed by atoms with Crippen molar-refractivity contribution in [1.29, 1.82) is 0 Å². The predicted octanol–water partition coefficient (Wildman–Crippen LogP) is 8.30. The fourth-order valence-corrected chi connectivity index (χ4v) is 5.87.